The van der Waals surface area contributed by atoms with E-state index in [1.54, 1.807) is 32.1 Å². The molecule has 1 N–H and O–H groups in total. The van der Waals surface area contributed by atoms with E-state index in [0.29, 0.717) is 40.9 Å². The molecule has 37 heavy (non-hydrogen) atoms. The van der Waals surface area contributed by atoms with Crippen molar-refractivity contribution in [3.63, 3.8) is 0 Å². The van der Waals surface area contributed by atoms with Gasteiger partial charge in [0, 0.05) is 23.6 Å². The van der Waals surface area contributed by atoms with Gasteiger partial charge in [-0.1, -0.05) is 19.1 Å². The second-order valence-corrected chi connectivity index (χ2v) is 9.54. The third-order valence-electron chi connectivity index (χ3n) is 7.02. The van der Waals surface area contributed by atoms with Gasteiger partial charge >= 0.3 is 0 Å². The van der Waals surface area contributed by atoms with Gasteiger partial charge in [0.2, 0.25) is 0 Å². The fraction of sp³-hybridized carbons (Fsp3) is 0.407. The van der Waals surface area contributed by atoms with Gasteiger partial charge < -0.3 is 19.2 Å². The average molecular weight is 505 g/mol. The molecule has 2 atom stereocenters. The molecule has 0 unspecified atom stereocenters. The summed E-state index contributed by atoms with van der Waals surface area (Å²) in [7, 11) is 4.82. The highest BCUT2D eigenvalue weighted by atomic mass is 16.5. The first-order valence-electron chi connectivity index (χ1n) is 12.4. The number of methoxy groups -OCH3 is 3. The number of nitrogens with zero attached hydrogens (tertiary/aromatic N) is 5. The van der Waals surface area contributed by atoms with Crippen LogP contribution in [-0.2, 0) is 6.54 Å². The molecular weight excluding hydrogens is 472 g/mol. The van der Waals surface area contributed by atoms with Crippen LogP contribution in [0.1, 0.15) is 42.8 Å². The zero-order valence-electron chi connectivity index (χ0n) is 21.6. The summed E-state index contributed by atoms with van der Waals surface area (Å²) in [5, 5.41) is 13.6. The van der Waals surface area contributed by atoms with E-state index < -0.39 is 6.04 Å². The highest BCUT2D eigenvalue weighted by Gasteiger charge is 2.33. The molecule has 194 valence electrons. The molecule has 5 rings (SSSR count). The van der Waals surface area contributed by atoms with E-state index in [2.05, 4.69) is 32.3 Å². The first-order valence-corrected chi connectivity index (χ1v) is 12.4. The summed E-state index contributed by atoms with van der Waals surface area (Å²) in [6.07, 6.45) is 2.21. The second kappa shape index (κ2) is 10.6. The van der Waals surface area contributed by atoms with E-state index in [0.717, 1.165) is 42.6 Å². The van der Waals surface area contributed by atoms with Gasteiger partial charge in [0.15, 0.2) is 17.3 Å². The standard InChI is InChI=1S/C27H32N6O4/c1-17-6-5-11-32(15-17)25(26-29-30-31-33(26)16-18-7-9-20(35-2)10-8-18)21-12-19-13-23(36-3)24(37-4)14-22(19)28-27(21)34/h7-10,12-14,17,25H,5-6,11,15-16H2,1-4H3,(H,28,34)/t17-,25-/m1/s1. The van der Waals surface area contributed by atoms with Crippen molar-refractivity contribution in [2.24, 2.45) is 5.92 Å². The number of tetrazole rings is 1. The molecule has 0 amide bonds. The lowest BCUT2D eigenvalue weighted by Crippen LogP contribution is -2.41. The van der Waals surface area contributed by atoms with Gasteiger partial charge in [0.25, 0.3) is 5.56 Å². The highest BCUT2D eigenvalue weighted by molar-refractivity contribution is 5.83. The Labute approximate surface area is 215 Å². The van der Waals surface area contributed by atoms with E-state index in [9.17, 15) is 4.79 Å². The summed E-state index contributed by atoms with van der Waals surface area (Å²) in [5.74, 6) is 3.08. The number of ether oxygens (including phenoxy) is 3. The molecule has 4 aromatic rings. The maximum absolute atomic E-state index is 13.5. The van der Waals surface area contributed by atoms with Gasteiger partial charge in [0.05, 0.1) is 33.4 Å². The van der Waals surface area contributed by atoms with Crippen LogP contribution in [0.4, 0.5) is 0 Å². The molecule has 1 aliphatic rings. The van der Waals surface area contributed by atoms with Crippen LogP contribution in [0.3, 0.4) is 0 Å². The number of fused-ring (bicyclic) bond motifs is 1. The molecule has 3 heterocycles. The molecule has 10 heteroatoms. The molecule has 0 saturated carbocycles. The summed E-state index contributed by atoms with van der Waals surface area (Å²) >= 11 is 0. The van der Waals surface area contributed by atoms with E-state index >= 15 is 0 Å². The number of hydrogen-bond acceptors (Lipinski definition) is 8. The summed E-state index contributed by atoms with van der Waals surface area (Å²) in [6.45, 7) is 4.42. The third kappa shape index (κ3) is 5.01. The molecule has 0 aliphatic carbocycles. The van der Waals surface area contributed by atoms with Crippen molar-refractivity contribution in [2.45, 2.75) is 32.4 Å². The van der Waals surface area contributed by atoms with E-state index in [1.807, 2.05) is 36.4 Å². The lowest BCUT2D eigenvalue weighted by atomic mass is 9.95. The number of likely N-dealkylation sites (tertiary alicyclic amines) is 1. The van der Waals surface area contributed by atoms with Crippen LogP contribution in [0.2, 0.25) is 0 Å². The number of benzene rings is 2. The molecule has 1 fully saturated rings. The normalized spacial score (nSPS) is 17.0. The van der Waals surface area contributed by atoms with Crippen molar-refractivity contribution in [1.82, 2.24) is 30.1 Å². The number of nitrogens with one attached hydrogen (secondary N) is 1. The maximum Gasteiger partial charge on any atom is 0.253 e. The summed E-state index contributed by atoms with van der Waals surface area (Å²) < 4.78 is 18.0. The fourth-order valence-electron chi connectivity index (χ4n) is 5.14. The molecule has 0 bridgehead atoms. The summed E-state index contributed by atoms with van der Waals surface area (Å²) in [6, 6.07) is 13.0. The van der Waals surface area contributed by atoms with Gasteiger partial charge in [0.1, 0.15) is 11.8 Å². The highest BCUT2D eigenvalue weighted by Crippen LogP contribution is 2.34. The predicted octanol–water partition coefficient (Wildman–Crippen LogP) is 3.41. The number of piperidine rings is 1. The Hall–Kier alpha value is -3.92. The van der Waals surface area contributed by atoms with Crippen molar-refractivity contribution in [3.05, 3.63) is 69.8 Å². The third-order valence-corrected chi connectivity index (χ3v) is 7.02. The molecule has 2 aromatic carbocycles. The van der Waals surface area contributed by atoms with Crippen molar-refractivity contribution in [2.75, 3.05) is 34.4 Å². The molecule has 0 spiro atoms. The lowest BCUT2D eigenvalue weighted by Gasteiger charge is -2.36. The first-order chi connectivity index (χ1) is 18.0. The minimum absolute atomic E-state index is 0.179. The van der Waals surface area contributed by atoms with Crippen LogP contribution >= 0.6 is 0 Å². The van der Waals surface area contributed by atoms with Crippen molar-refractivity contribution in [1.29, 1.82) is 0 Å². The lowest BCUT2D eigenvalue weighted by molar-refractivity contribution is 0.141. The summed E-state index contributed by atoms with van der Waals surface area (Å²) in [5.41, 5.74) is 2.13. The number of H-pyrrole nitrogens is 1. The minimum atomic E-state index is -0.405. The average Bonchev–Trinajstić information content (AvgIpc) is 3.36. The van der Waals surface area contributed by atoms with E-state index in [4.69, 9.17) is 14.2 Å². The topological polar surface area (TPSA) is 107 Å². The van der Waals surface area contributed by atoms with Crippen molar-refractivity contribution in [3.8, 4) is 17.2 Å². The number of hydrogen-bond donors (Lipinski definition) is 1. The Morgan fingerprint density at radius 2 is 1.81 bits per heavy atom. The minimum Gasteiger partial charge on any atom is -0.497 e. The van der Waals surface area contributed by atoms with Gasteiger partial charge in [-0.2, -0.15) is 0 Å². The smallest absolute Gasteiger partial charge is 0.253 e. The zero-order valence-corrected chi connectivity index (χ0v) is 21.6. The SMILES string of the molecule is COc1ccc(Cn2nnnc2[C@@H](c2cc3cc(OC)c(OC)cc3[nH]c2=O)N2CCC[C@@H](C)C2)cc1. The number of pyridine rings is 1. The van der Waals surface area contributed by atoms with Crippen LogP contribution in [0, 0.1) is 5.92 Å². The van der Waals surface area contributed by atoms with Gasteiger partial charge in [-0.15, -0.1) is 5.10 Å². The van der Waals surface area contributed by atoms with Gasteiger partial charge in [-0.3, -0.25) is 9.69 Å². The largest absolute Gasteiger partial charge is 0.497 e. The van der Waals surface area contributed by atoms with Crippen LogP contribution in [-0.4, -0.2) is 64.5 Å². The van der Waals surface area contributed by atoms with Crippen LogP contribution in [0.5, 0.6) is 17.2 Å². The Morgan fingerprint density at radius 1 is 1.05 bits per heavy atom. The Bertz CT molecular complexity index is 1430. The quantitative estimate of drug-likeness (QED) is 0.389. The van der Waals surface area contributed by atoms with E-state index in [1.165, 1.54) is 0 Å². The van der Waals surface area contributed by atoms with Crippen LogP contribution in [0.25, 0.3) is 10.9 Å². The maximum atomic E-state index is 13.5. The number of aromatic nitrogens is 5. The monoisotopic (exact) mass is 504 g/mol. The molecule has 10 nitrogen and oxygen atoms in total. The van der Waals surface area contributed by atoms with E-state index in [-0.39, 0.29) is 5.56 Å². The summed E-state index contributed by atoms with van der Waals surface area (Å²) in [4.78, 5) is 18.9. The second-order valence-electron chi connectivity index (χ2n) is 9.54. The molecule has 2 aromatic heterocycles. The van der Waals surface area contributed by atoms with Gasteiger partial charge in [-0.05, 0) is 65.6 Å². The Balaban J connectivity index is 1.61. The zero-order chi connectivity index (χ0) is 25.9. The number of aromatic amines is 1. The molecular formula is C27H32N6O4. The van der Waals surface area contributed by atoms with Crippen molar-refractivity contribution < 1.29 is 14.2 Å². The first kappa shape index (κ1) is 24.8. The van der Waals surface area contributed by atoms with Crippen LogP contribution in [0.15, 0.2) is 47.3 Å². The van der Waals surface area contributed by atoms with Crippen LogP contribution < -0.4 is 19.8 Å². The number of rotatable bonds is 8. The van der Waals surface area contributed by atoms with Gasteiger partial charge in [-0.25, -0.2) is 4.68 Å². The predicted molar refractivity (Wildman–Crippen MR) is 139 cm³/mol. The fourth-order valence-corrected chi connectivity index (χ4v) is 5.14. The molecule has 0 radical (unpaired) electrons. The Kier molecular flexibility index (Phi) is 7.09. The Morgan fingerprint density at radius 3 is 2.51 bits per heavy atom. The molecule has 1 saturated heterocycles. The molecule has 1 aliphatic heterocycles. The van der Waals surface area contributed by atoms with Crippen molar-refractivity contribution >= 4 is 10.9 Å².